The molecule has 1 heterocycles. The first-order chi connectivity index (χ1) is 16.8. The van der Waals surface area contributed by atoms with Crippen molar-refractivity contribution in [1.82, 2.24) is 10.2 Å². The van der Waals surface area contributed by atoms with E-state index in [1.165, 1.54) is 18.4 Å². The molecule has 1 spiro atoms. The van der Waals surface area contributed by atoms with Gasteiger partial charge in [0.1, 0.15) is 5.75 Å². The maximum atomic E-state index is 13.5. The SMILES string of the molecule is Cc1ccc(CNC(=O)[C@H]2C[C@@]3(O)[C@H]4C5Cc6ccc(O)cc6[C@]3(C2)C5CN4CC2CC2)cc1Cl. The highest BCUT2D eigenvalue weighted by Crippen LogP contribution is 2.71. The summed E-state index contributed by atoms with van der Waals surface area (Å²) in [5.74, 6) is 1.54. The van der Waals surface area contributed by atoms with E-state index in [0.29, 0.717) is 36.2 Å². The molecule has 4 aliphatic carbocycles. The second-order valence-electron chi connectivity index (χ2n) is 12.0. The number of benzene rings is 2. The normalized spacial score (nSPS) is 36.8. The van der Waals surface area contributed by atoms with Gasteiger partial charge >= 0.3 is 0 Å². The van der Waals surface area contributed by atoms with E-state index >= 15 is 0 Å². The fraction of sp³-hybridized carbons (Fsp3) is 0.552. The summed E-state index contributed by atoms with van der Waals surface area (Å²) in [6.07, 6.45) is 4.69. The van der Waals surface area contributed by atoms with Crippen molar-refractivity contribution in [3.05, 3.63) is 63.7 Å². The fourth-order valence-electron chi connectivity index (χ4n) is 8.52. The van der Waals surface area contributed by atoms with Crippen LogP contribution in [0.15, 0.2) is 36.4 Å². The summed E-state index contributed by atoms with van der Waals surface area (Å²) in [6, 6.07) is 11.7. The molecule has 1 amide bonds. The Morgan fingerprint density at radius 1 is 1.20 bits per heavy atom. The number of aromatic hydroxyl groups is 1. The van der Waals surface area contributed by atoms with Gasteiger partial charge < -0.3 is 15.5 Å². The Labute approximate surface area is 211 Å². The fourth-order valence-corrected chi connectivity index (χ4v) is 8.72. The van der Waals surface area contributed by atoms with E-state index in [2.05, 4.69) is 10.2 Å². The van der Waals surface area contributed by atoms with Gasteiger partial charge in [-0.15, -0.1) is 0 Å². The maximum absolute atomic E-state index is 13.5. The lowest BCUT2D eigenvalue weighted by atomic mass is 9.60. The van der Waals surface area contributed by atoms with Crippen LogP contribution in [0, 0.1) is 30.6 Å². The average Bonchev–Trinajstić information content (AvgIpc) is 3.44. The summed E-state index contributed by atoms with van der Waals surface area (Å²) in [7, 11) is 0. The first-order valence-electron chi connectivity index (χ1n) is 13.1. The molecule has 3 saturated carbocycles. The highest BCUT2D eigenvalue weighted by molar-refractivity contribution is 6.31. The number of fused-ring (bicyclic) bond motifs is 2. The van der Waals surface area contributed by atoms with Crippen LogP contribution in [-0.4, -0.2) is 45.8 Å². The molecule has 5 nitrogen and oxygen atoms in total. The summed E-state index contributed by atoms with van der Waals surface area (Å²) in [6.45, 7) is 4.47. The van der Waals surface area contributed by atoms with E-state index in [0.717, 1.165) is 42.1 Å². The number of piperidine rings is 1. The number of hydrogen-bond donors (Lipinski definition) is 3. The Morgan fingerprint density at radius 2 is 2.03 bits per heavy atom. The number of aliphatic hydroxyl groups is 1. The van der Waals surface area contributed by atoms with Crippen molar-refractivity contribution >= 4 is 17.5 Å². The lowest BCUT2D eigenvalue weighted by Crippen LogP contribution is -2.61. The van der Waals surface area contributed by atoms with E-state index in [4.69, 9.17) is 11.6 Å². The summed E-state index contributed by atoms with van der Waals surface area (Å²) in [5.41, 5.74) is 2.94. The van der Waals surface area contributed by atoms with Crippen LogP contribution in [-0.2, 0) is 23.2 Å². The second-order valence-corrected chi connectivity index (χ2v) is 12.4. The number of halogens is 1. The predicted molar refractivity (Wildman–Crippen MR) is 134 cm³/mol. The van der Waals surface area contributed by atoms with E-state index in [1.54, 1.807) is 6.07 Å². The van der Waals surface area contributed by atoms with Crippen LogP contribution >= 0.6 is 11.6 Å². The van der Waals surface area contributed by atoms with Gasteiger partial charge in [0, 0.05) is 42.0 Å². The van der Waals surface area contributed by atoms with Crippen molar-refractivity contribution in [2.75, 3.05) is 13.1 Å². The molecular formula is C29H33ClN2O3. The minimum absolute atomic E-state index is 0.0101. The maximum Gasteiger partial charge on any atom is 0.223 e. The molecule has 6 heteroatoms. The summed E-state index contributed by atoms with van der Waals surface area (Å²) >= 11 is 6.28. The van der Waals surface area contributed by atoms with Crippen LogP contribution in [0.4, 0.5) is 0 Å². The van der Waals surface area contributed by atoms with Gasteiger partial charge in [-0.05, 0) is 97.2 Å². The van der Waals surface area contributed by atoms with Crippen molar-refractivity contribution in [1.29, 1.82) is 0 Å². The lowest BCUT2D eigenvalue weighted by Gasteiger charge is -2.50. The van der Waals surface area contributed by atoms with Gasteiger partial charge in [-0.25, -0.2) is 0 Å². The van der Waals surface area contributed by atoms with Gasteiger partial charge in [0.15, 0.2) is 0 Å². The summed E-state index contributed by atoms with van der Waals surface area (Å²) in [4.78, 5) is 16.0. The molecule has 2 aromatic carbocycles. The highest BCUT2D eigenvalue weighted by atomic mass is 35.5. The van der Waals surface area contributed by atoms with Gasteiger partial charge in [0.05, 0.1) is 5.60 Å². The number of carbonyl (C=O) groups excluding carboxylic acids is 1. The number of nitrogens with zero attached hydrogens (tertiary/aromatic N) is 1. The topological polar surface area (TPSA) is 72.8 Å². The first kappa shape index (κ1) is 22.1. The molecule has 2 aromatic rings. The quantitative estimate of drug-likeness (QED) is 0.591. The molecule has 7 rings (SSSR count). The van der Waals surface area contributed by atoms with E-state index in [9.17, 15) is 15.0 Å². The first-order valence-corrected chi connectivity index (χ1v) is 13.5. The zero-order chi connectivity index (χ0) is 24.1. The zero-order valence-electron chi connectivity index (χ0n) is 20.1. The smallest absolute Gasteiger partial charge is 0.223 e. The van der Waals surface area contributed by atoms with Crippen LogP contribution < -0.4 is 5.32 Å². The molecule has 2 unspecified atom stereocenters. The van der Waals surface area contributed by atoms with Crippen molar-refractivity contribution in [3.63, 3.8) is 0 Å². The molecule has 3 N–H and O–H groups in total. The minimum Gasteiger partial charge on any atom is -0.508 e. The van der Waals surface area contributed by atoms with Crippen LogP contribution in [0.25, 0.3) is 0 Å². The third-order valence-electron chi connectivity index (χ3n) is 10.1. The Hall–Kier alpha value is -2.08. The number of hydrogen-bond acceptors (Lipinski definition) is 4. The number of amides is 1. The third kappa shape index (κ3) is 3.04. The molecular weight excluding hydrogens is 460 g/mol. The average molecular weight is 493 g/mol. The molecule has 4 bridgehead atoms. The van der Waals surface area contributed by atoms with Crippen molar-refractivity contribution in [2.24, 2.45) is 23.7 Å². The Balaban J connectivity index is 1.21. The molecule has 1 saturated heterocycles. The van der Waals surface area contributed by atoms with Crippen LogP contribution in [0.5, 0.6) is 5.75 Å². The number of likely N-dealkylation sites (tertiary alicyclic amines) is 1. The van der Waals surface area contributed by atoms with Crippen molar-refractivity contribution in [2.45, 2.75) is 62.6 Å². The molecule has 184 valence electrons. The van der Waals surface area contributed by atoms with Gasteiger partial charge in [-0.1, -0.05) is 29.8 Å². The van der Waals surface area contributed by atoms with E-state index < -0.39 is 11.0 Å². The van der Waals surface area contributed by atoms with Gasteiger partial charge in [0.2, 0.25) is 5.91 Å². The minimum atomic E-state index is -0.941. The highest BCUT2D eigenvalue weighted by Gasteiger charge is 2.78. The molecule has 6 atom stereocenters. The monoisotopic (exact) mass is 492 g/mol. The van der Waals surface area contributed by atoms with E-state index in [1.807, 2.05) is 37.3 Å². The third-order valence-corrected chi connectivity index (χ3v) is 10.5. The second kappa shape index (κ2) is 7.47. The molecule has 4 fully saturated rings. The van der Waals surface area contributed by atoms with Crippen LogP contribution in [0.1, 0.15) is 47.9 Å². The molecule has 5 aliphatic rings. The van der Waals surface area contributed by atoms with Crippen LogP contribution in [0.2, 0.25) is 5.02 Å². The number of carbonyl (C=O) groups is 1. The molecule has 1 aliphatic heterocycles. The lowest BCUT2D eigenvalue weighted by molar-refractivity contribution is -0.126. The molecule has 35 heavy (non-hydrogen) atoms. The number of aryl methyl sites for hydroxylation is 1. The predicted octanol–water partition coefficient (Wildman–Crippen LogP) is 3.95. The summed E-state index contributed by atoms with van der Waals surface area (Å²) < 4.78 is 0. The van der Waals surface area contributed by atoms with Gasteiger partial charge in [-0.2, -0.15) is 0 Å². The number of phenols is 1. The van der Waals surface area contributed by atoms with Crippen molar-refractivity contribution < 1.29 is 15.0 Å². The Bertz CT molecular complexity index is 1230. The standard InChI is InChI=1S/C29H33ClN2O3/c1-16-2-3-18(8-25(16)30)13-31-27(34)20-11-28-23-10-21(33)7-6-19(23)9-22-24(28)15-32(14-17-4-5-17)26(22)29(28,35)12-20/h2-3,6-8,10,17,20,22,24,26,33,35H,4-5,9,11-15H2,1H3,(H,31,34)/t20-,22?,24?,26-,28-,29-/m1/s1. The molecule has 0 aromatic heterocycles. The Morgan fingerprint density at radius 3 is 2.80 bits per heavy atom. The van der Waals surface area contributed by atoms with E-state index in [-0.39, 0.29) is 23.6 Å². The summed E-state index contributed by atoms with van der Waals surface area (Å²) in [5, 5.41) is 26.8. The molecule has 0 radical (unpaired) electrons. The number of nitrogens with one attached hydrogen (secondary N) is 1. The Kier molecular flexibility index (Phi) is 4.73. The van der Waals surface area contributed by atoms with Gasteiger partial charge in [0.25, 0.3) is 0 Å². The van der Waals surface area contributed by atoms with Gasteiger partial charge in [-0.3, -0.25) is 9.69 Å². The largest absolute Gasteiger partial charge is 0.508 e. The van der Waals surface area contributed by atoms with Crippen molar-refractivity contribution in [3.8, 4) is 5.75 Å². The zero-order valence-corrected chi connectivity index (χ0v) is 20.9. The number of phenolic OH excluding ortho intramolecular Hbond substituents is 1. The van der Waals surface area contributed by atoms with Crippen LogP contribution in [0.3, 0.4) is 0 Å². The number of rotatable bonds is 5.